The summed E-state index contributed by atoms with van der Waals surface area (Å²) in [6, 6.07) is -0.0986. The highest BCUT2D eigenvalue weighted by atomic mass is 32.2. The lowest BCUT2D eigenvalue weighted by molar-refractivity contribution is 0.323. The zero-order valence-electron chi connectivity index (χ0n) is 14.5. The van der Waals surface area contributed by atoms with Crippen molar-refractivity contribution in [2.24, 2.45) is 0 Å². The maximum Gasteiger partial charge on any atom is 0.263 e. The van der Waals surface area contributed by atoms with Crippen LogP contribution in [0.2, 0.25) is 0 Å². The van der Waals surface area contributed by atoms with Crippen LogP contribution in [0.5, 0.6) is 5.88 Å². The summed E-state index contributed by atoms with van der Waals surface area (Å²) in [5.41, 5.74) is 5.00. The minimum absolute atomic E-state index is 0.160. The van der Waals surface area contributed by atoms with E-state index in [0.717, 1.165) is 0 Å². The first-order valence-corrected chi connectivity index (χ1v) is 7.02. The molecule has 20 heavy (non-hydrogen) atoms. The summed E-state index contributed by atoms with van der Waals surface area (Å²) >= 11 is 0. The summed E-state index contributed by atoms with van der Waals surface area (Å²) in [6.45, 7) is 2.12. The molecule has 0 saturated heterocycles. The predicted molar refractivity (Wildman–Crippen MR) is 74.9 cm³/mol. The van der Waals surface area contributed by atoms with Crippen molar-refractivity contribution in [2.45, 2.75) is 11.8 Å². The van der Waals surface area contributed by atoms with Gasteiger partial charge in [0.2, 0.25) is 5.88 Å². The number of anilines is 2. The highest BCUT2D eigenvalue weighted by Crippen LogP contribution is 2.16. The molecular weight excluding hydrogens is 280 g/mol. The van der Waals surface area contributed by atoms with Gasteiger partial charge in [-0.05, 0) is 37.2 Å². The second-order valence-corrected chi connectivity index (χ2v) is 5.16. The van der Waals surface area contributed by atoms with Gasteiger partial charge in [0.1, 0.15) is 0 Å². The third kappa shape index (κ3) is 3.35. The summed E-state index contributed by atoms with van der Waals surface area (Å²) < 4.78 is 62.6. The van der Waals surface area contributed by atoms with E-state index in [9.17, 15) is 8.42 Å². The van der Waals surface area contributed by atoms with E-state index in [1.807, 2.05) is 0 Å². The second kappa shape index (κ2) is 5.74. The first-order valence-electron chi connectivity index (χ1n) is 7.54. The number of nitrogens with one attached hydrogen (secondary N) is 1. The Morgan fingerprint density at radius 1 is 1.30 bits per heavy atom. The smallest absolute Gasteiger partial charge is 0.263 e. The van der Waals surface area contributed by atoms with E-state index in [1.54, 1.807) is 6.92 Å². The third-order valence-electron chi connectivity index (χ3n) is 2.06. The molecule has 8 heteroatoms. The van der Waals surface area contributed by atoms with E-state index in [1.165, 1.54) is 12.1 Å². The first-order chi connectivity index (χ1) is 11.2. The van der Waals surface area contributed by atoms with Crippen molar-refractivity contribution in [3.8, 4) is 5.88 Å². The lowest BCUT2D eigenvalue weighted by atomic mass is 10.3. The van der Waals surface area contributed by atoms with E-state index in [0.29, 0.717) is 6.61 Å². The van der Waals surface area contributed by atoms with Crippen LogP contribution >= 0.6 is 0 Å². The largest absolute Gasteiger partial charge is 0.477 e. The van der Waals surface area contributed by atoms with Crippen molar-refractivity contribution in [1.82, 2.24) is 10.2 Å². The lowest BCUT2D eigenvalue weighted by Crippen LogP contribution is -2.14. The predicted octanol–water partition coefficient (Wildman–Crippen LogP) is 1.26. The van der Waals surface area contributed by atoms with Gasteiger partial charge in [-0.15, -0.1) is 10.2 Å². The molecule has 0 radical (unpaired) electrons. The van der Waals surface area contributed by atoms with Crippen molar-refractivity contribution in [3.05, 3.63) is 36.3 Å². The Labute approximate surface area is 122 Å². The molecule has 1 aromatic carbocycles. The Morgan fingerprint density at radius 2 is 2.00 bits per heavy atom. The Balaban J connectivity index is 2.45. The Kier molecular flexibility index (Phi) is 2.74. The number of sulfonamides is 1. The number of ether oxygens (including phenoxy) is 1. The van der Waals surface area contributed by atoms with Gasteiger partial charge in [-0.3, -0.25) is 4.72 Å². The molecule has 0 aliphatic carbocycles. The van der Waals surface area contributed by atoms with Crippen LogP contribution in [-0.4, -0.2) is 25.2 Å². The van der Waals surface area contributed by atoms with Crippen LogP contribution in [0.4, 0.5) is 11.5 Å². The van der Waals surface area contributed by atoms with Crippen LogP contribution in [0.1, 0.15) is 12.4 Å². The maximum atomic E-state index is 12.4. The number of hydrogen-bond donors (Lipinski definition) is 2. The number of nitrogen functional groups attached to an aromatic ring is 1. The molecular formula is C12H14N4O3S. The molecule has 0 bridgehead atoms. The minimum atomic E-state index is -4.43. The van der Waals surface area contributed by atoms with Gasteiger partial charge >= 0.3 is 0 Å². The molecule has 0 atom stereocenters. The quantitative estimate of drug-likeness (QED) is 0.805. The number of nitrogens with two attached hydrogens (primary N) is 1. The van der Waals surface area contributed by atoms with Crippen molar-refractivity contribution < 1.29 is 18.6 Å². The molecule has 0 fully saturated rings. The van der Waals surface area contributed by atoms with Crippen molar-refractivity contribution in [3.63, 3.8) is 0 Å². The minimum Gasteiger partial charge on any atom is -0.477 e. The normalized spacial score (nSPS) is 13.8. The molecule has 0 aliphatic rings. The average molecular weight is 298 g/mol. The van der Waals surface area contributed by atoms with E-state index >= 15 is 0 Å². The average Bonchev–Trinajstić information content (AvgIpc) is 2.53. The standard InChI is InChI=1S/C12H14N4O3S/c1-2-19-12-8-7-11(14-15-12)16-20(17,18)10-5-3-9(13)4-6-10/h3-8H,2,13H2,1H3,(H,14,16)/i3D,4D,5D,6D. The number of benzene rings is 1. The molecule has 7 nitrogen and oxygen atoms in total. The zero-order chi connectivity index (χ0) is 18.1. The Morgan fingerprint density at radius 3 is 2.55 bits per heavy atom. The van der Waals surface area contributed by atoms with Gasteiger partial charge in [0.15, 0.2) is 5.82 Å². The van der Waals surface area contributed by atoms with Crippen molar-refractivity contribution in [2.75, 3.05) is 17.1 Å². The van der Waals surface area contributed by atoms with Gasteiger partial charge in [0.05, 0.1) is 17.0 Å². The van der Waals surface area contributed by atoms with E-state index in [-0.39, 0.29) is 11.7 Å². The van der Waals surface area contributed by atoms with E-state index < -0.39 is 44.8 Å². The molecule has 2 rings (SSSR count). The molecule has 0 spiro atoms. The van der Waals surface area contributed by atoms with Gasteiger partial charge < -0.3 is 10.5 Å². The molecule has 3 N–H and O–H groups in total. The number of nitrogens with zero attached hydrogens (tertiary/aromatic N) is 2. The van der Waals surface area contributed by atoms with Crippen molar-refractivity contribution in [1.29, 1.82) is 0 Å². The van der Waals surface area contributed by atoms with Crippen molar-refractivity contribution >= 4 is 21.5 Å². The van der Waals surface area contributed by atoms with E-state index in [2.05, 4.69) is 14.9 Å². The first kappa shape index (κ1) is 9.54. The summed E-state index contributed by atoms with van der Waals surface area (Å²) in [5, 5.41) is 7.28. The number of rotatable bonds is 5. The van der Waals surface area contributed by atoms with Gasteiger partial charge in [0.25, 0.3) is 10.0 Å². The Hall–Kier alpha value is -2.35. The summed E-state index contributed by atoms with van der Waals surface area (Å²) in [6.07, 6.45) is 0. The van der Waals surface area contributed by atoms with E-state index in [4.69, 9.17) is 16.0 Å². The summed E-state index contributed by atoms with van der Waals surface area (Å²) in [7, 11) is -4.43. The van der Waals surface area contributed by atoms with Crippen LogP contribution in [0.25, 0.3) is 0 Å². The third-order valence-corrected chi connectivity index (χ3v) is 3.28. The summed E-state index contributed by atoms with van der Waals surface area (Å²) in [4.78, 5) is -0.817. The lowest BCUT2D eigenvalue weighted by Gasteiger charge is -2.07. The van der Waals surface area contributed by atoms with Gasteiger partial charge in [-0.2, -0.15) is 0 Å². The second-order valence-electron chi connectivity index (χ2n) is 3.54. The summed E-state index contributed by atoms with van der Waals surface area (Å²) in [5.74, 6) is 0.0457. The van der Waals surface area contributed by atoms with Crippen LogP contribution in [0, 0.1) is 0 Å². The number of hydrogen-bond acceptors (Lipinski definition) is 6. The molecule has 2 aromatic rings. The fourth-order valence-electron chi connectivity index (χ4n) is 1.23. The SMILES string of the molecule is [2H]c1c([2H])c(S(=O)(=O)Nc2ccc(OCC)nn2)c([2H])c([2H])c1N. The molecule has 1 heterocycles. The van der Waals surface area contributed by atoms with Crippen LogP contribution in [0.3, 0.4) is 0 Å². The van der Waals surface area contributed by atoms with Crippen LogP contribution < -0.4 is 15.2 Å². The maximum absolute atomic E-state index is 12.4. The molecule has 106 valence electrons. The highest BCUT2D eigenvalue weighted by Gasteiger charge is 2.14. The molecule has 1 aromatic heterocycles. The monoisotopic (exact) mass is 298 g/mol. The molecule has 0 saturated carbocycles. The Bertz CT molecular complexity index is 846. The fourth-order valence-corrected chi connectivity index (χ4v) is 2.09. The molecule has 0 amide bonds. The van der Waals surface area contributed by atoms with Crippen LogP contribution in [0.15, 0.2) is 41.2 Å². The molecule has 0 aliphatic heterocycles. The van der Waals surface area contributed by atoms with Gasteiger partial charge in [-0.25, -0.2) is 8.42 Å². The fraction of sp³-hybridized carbons (Fsp3) is 0.167. The van der Waals surface area contributed by atoms with Gasteiger partial charge in [0, 0.05) is 11.8 Å². The number of aromatic nitrogens is 2. The zero-order valence-corrected chi connectivity index (χ0v) is 11.3. The topological polar surface area (TPSA) is 107 Å². The molecule has 0 unspecified atom stereocenters. The highest BCUT2D eigenvalue weighted by molar-refractivity contribution is 7.92. The van der Waals surface area contributed by atoms with Gasteiger partial charge in [-0.1, -0.05) is 0 Å². The van der Waals surface area contributed by atoms with Crippen LogP contribution in [-0.2, 0) is 10.0 Å².